The van der Waals surface area contributed by atoms with Gasteiger partial charge in [0.25, 0.3) is 0 Å². The van der Waals surface area contributed by atoms with E-state index in [4.69, 9.17) is 0 Å². The maximum absolute atomic E-state index is 3.11. The molecule has 0 aromatic heterocycles. The van der Waals surface area contributed by atoms with Gasteiger partial charge in [-0.3, -0.25) is 0 Å². The van der Waals surface area contributed by atoms with Crippen molar-refractivity contribution in [2.75, 3.05) is 0 Å². The summed E-state index contributed by atoms with van der Waals surface area (Å²) >= 11 is 1.43. The van der Waals surface area contributed by atoms with E-state index in [0.717, 1.165) is 0 Å². The van der Waals surface area contributed by atoms with Crippen molar-refractivity contribution >= 4 is 0 Å². The van der Waals surface area contributed by atoms with Crippen LogP contribution in [0.4, 0.5) is 0 Å². The van der Waals surface area contributed by atoms with Gasteiger partial charge in [0.15, 0.2) is 0 Å². The summed E-state index contributed by atoms with van der Waals surface area (Å²) in [5.41, 5.74) is 0. The van der Waals surface area contributed by atoms with Crippen molar-refractivity contribution in [1.29, 1.82) is 0 Å². The van der Waals surface area contributed by atoms with Crippen LogP contribution in [0.25, 0.3) is 0 Å². The minimum absolute atomic E-state index is 1.18. The van der Waals surface area contributed by atoms with E-state index in [1.807, 2.05) is 0 Å². The van der Waals surface area contributed by atoms with E-state index < -0.39 is 0 Å². The van der Waals surface area contributed by atoms with E-state index in [2.05, 4.69) is 10.4 Å². The summed E-state index contributed by atoms with van der Waals surface area (Å²) in [6.45, 7) is 2.16. The predicted octanol–water partition coefficient (Wildman–Crippen LogP) is 1.29. The van der Waals surface area contributed by atoms with Gasteiger partial charge < -0.3 is 0 Å². The summed E-state index contributed by atoms with van der Waals surface area (Å²) in [6.07, 6.45) is 2.43. The summed E-state index contributed by atoms with van der Waals surface area (Å²) in [7, 11) is 0. The van der Waals surface area contributed by atoms with Gasteiger partial charge in [0, 0.05) is 0 Å². The summed E-state index contributed by atoms with van der Waals surface area (Å²) in [6, 6.07) is 0. The van der Waals surface area contributed by atoms with Crippen molar-refractivity contribution in [3.05, 3.63) is 0 Å². The molecule has 0 rings (SSSR count). The SMILES string of the molecule is CCC[C]#[Zr+]. The molecule has 0 unspecified atom stereocenters. The van der Waals surface area contributed by atoms with E-state index in [0.29, 0.717) is 0 Å². The zero-order valence-electron chi connectivity index (χ0n) is 3.41. The molecule has 0 aliphatic heterocycles. The molecule has 26 valence electrons. The quantitative estimate of drug-likeness (QED) is 0.523. The van der Waals surface area contributed by atoms with Crippen LogP contribution >= 0.6 is 0 Å². The topological polar surface area (TPSA) is 0 Å². The first-order valence-electron chi connectivity index (χ1n) is 1.81. The van der Waals surface area contributed by atoms with Crippen LogP contribution in [0.2, 0.25) is 0 Å². The van der Waals surface area contributed by atoms with Crippen molar-refractivity contribution in [3.63, 3.8) is 0 Å². The zero-order valence-corrected chi connectivity index (χ0v) is 5.87. The molecule has 0 aliphatic carbocycles. The molecule has 0 N–H and O–H groups in total. The molecular weight excluding hydrogens is 139 g/mol. The van der Waals surface area contributed by atoms with E-state index in [1.165, 1.54) is 36.9 Å². The number of hydrogen-bond donors (Lipinski definition) is 0. The summed E-state index contributed by atoms with van der Waals surface area (Å²) in [5, 5.41) is 0. The van der Waals surface area contributed by atoms with Gasteiger partial charge in [-0.1, -0.05) is 0 Å². The predicted molar refractivity (Wildman–Crippen MR) is 18.8 cm³/mol. The molecule has 0 nitrogen and oxygen atoms in total. The van der Waals surface area contributed by atoms with Crippen molar-refractivity contribution in [2.24, 2.45) is 0 Å². The molecule has 0 heterocycles. The Morgan fingerprint density at radius 3 is 2.40 bits per heavy atom. The van der Waals surface area contributed by atoms with Crippen molar-refractivity contribution in [1.82, 2.24) is 0 Å². The fourth-order valence-corrected chi connectivity index (χ4v) is 0.740. The van der Waals surface area contributed by atoms with Crippen molar-refractivity contribution < 1.29 is 24.0 Å². The second-order valence-corrected chi connectivity index (χ2v) is 1.80. The van der Waals surface area contributed by atoms with Crippen LogP contribution in [-0.2, 0) is 24.0 Å². The molecule has 0 bridgehead atoms. The minimum atomic E-state index is 1.18. The van der Waals surface area contributed by atoms with Crippen LogP contribution in [0.1, 0.15) is 19.8 Å². The number of rotatable bonds is 1. The Bertz CT molecular complexity index is 42.1. The summed E-state index contributed by atoms with van der Waals surface area (Å²) in [4.78, 5) is 0. The molecule has 0 saturated carbocycles. The van der Waals surface area contributed by atoms with Crippen LogP contribution in [0, 0.1) is 3.50 Å². The first-order chi connectivity index (χ1) is 2.41. The Morgan fingerprint density at radius 1 is 1.80 bits per heavy atom. The molecule has 5 heavy (non-hydrogen) atoms. The summed E-state index contributed by atoms with van der Waals surface area (Å²) in [5.74, 6) is 0. The van der Waals surface area contributed by atoms with Gasteiger partial charge in [0.1, 0.15) is 0 Å². The van der Waals surface area contributed by atoms with Crippen LogP contribution in [0.5, 0.6) is 0 Å². The van der Waals surface area contributed by atoms with Gasteiger partial charge in [0.05, 0.1) is 0 Å². The van der Waals surface area contributed by atoms with Gasteiger partial charge in [-0.2, -0.15) is 0 Å². The maximum atomic E-state index is 3.11. The Balaban J connectivity index is 2.48. The first kappa shape index (κ1) is 5.66. The molecule has 0 spiro atoms. The monoisotopic (exact) mass is 145 g/mol. The first-order valence-corrected chi connectivity index (χ1v) is 3.04. The van der Waals surface area contributed by atoms with E-state index in [-0.39, 0.29) is 0 Å². The molecule has 0 radical (unpaired) electrons. The summed E-state index contributed by atoms with van der Waals surface area (Å²) < 4.78 is 3.11. The molecule has 0 saturated heterocycles. The Morgan fingerprint density at radius 2 is 2.40 bits per heavy atom. The molecule has 0 aliphatic rings. The van der Waals surface area contributed by atoms with Crippen LogP contribution in [-0.4, -0.2) is 0 Å². The van der Waals surface area contributed by atoms with E-state index in [1.54, 1.807) is 0 Å². The second kappa shape index (κ2) is 4.66. The van der Waals surface area contributed by atoms with Crippen LogP contribution in [0.15, 0.2) is 0 Å². The van der Waals surface area contributed by atoms with E-state index >= 15 is 0 Å². The third-order valence-corrected chi connectivity index (χ3v) is 0.990. The molecule has 0 aromatic carbocycles. The second-order valence-electron chi connectivity index (χ2n) is 0.927. The van der Waals surface area contributed by atoms with Crippen LogP contribution < -0.4 is 0 Å². The average molecular weight is 146 g/mol. The molecular formula is C4H7Zr+. The van der Waals surface area contributed by atoms with Gasteiger partial charge in [-0.05, 0) is 0 Å². The molecule has 1 heteroatoms. The van der Waals surface area contributed by atoms with Crippen molar-refractivity contribution in [3.8, 4) is 3.50 Å². The zero-order chi connectivity index (χ0) is 4.12. The fourth-order valence-electron chi connectivity index (χ4n) is 0.125. The van der Waals surface area contributed by atoms with Gasteiger partial charge in [-0.25, -0.2) is 0 Å². The normalized spacial score (nSPS) is 7.00. The third kappa shape index (κ3) is 4.66. The molecule has 0 aromatic rings. The Hall–Kier alpha value is 0.663. The molecule has 0 amide bonds. The van der Waals surface area contributed by atoms with Gasteiger partial charge in [-0.15, -0.1) is 0 Å². The molecule has 0 fully saturated rings. The van der Waals surface area contributed by atoms with E-state index in [9.17, 15) is 0 Å². The number of unbranched alkanes of at least 4 members (excludes halogenated alkanes) is 1. The Labute approximate surface area is 47.5 Å². The average Bonchev–Trinajstić information content (AvgIpc) is 1.41. The fraction of sp³-hybridized carbons (Fsp3) is 0.750. The van der Waals surface area contributed by atoms with Gasteiger partial charge in [0.2, 0.25) is 0 Å². The Kier molecular flexibility index (Phi) is 5.28. The standard InChI is InChI=1S/C4H7.Zr/c1-3-4-2;/h3-4H2,1H3;/q;+1. The van der Waals surface area contributed by atoms with Gasteiger partial charge >= 0.3 is 47.3 Å². The third-order valence-electron chi connectivity index (χ3n) is 0.375. The number of hydrogen-bond acceptors (Lipinski definition) is 0. The van der Waals surface area contributed by atoms with Crippen molar-refractivity contribution in [2.45, 2.75) is 19.8 Å². The van der Waals surface area contributed by atoms with Crippen LogP contribution in [0.3, 0.4) is 0 Å². The molecule has 0 atom stereocenters.